The molecule has 1 aliphatic heterocycles. The Hall–Kier alpha value is -2.84. The number of anilines is 1. The van der Waals surface area contributed by atoms with Crippen LogP contribution in [0.1, 0.15) is 18.4 Å². The third kappa shape index (κ3) is 7.11. The summed E-state index contributed by atoms with van der Waals surface area (Å²) in [6, 6.07) is 9.55. The Kier molecular flexibility index (Phi) is 8.49. The minimum atomic E-state index is -0.357. The minimum Gasteiger partial charge on any atom is -0.385 e. The normalized spacial score (nSPS) is 19.0. The van der Waals surface area contributed by atoms with Gasteiger partial charge in [0.1, 0.15) is 5.82 Å². The fraction of sp³-hybridized carbons (Fsp3) is 0.435. The Morgan fingerprint density at radius 3 is 2.45 bits per heavy atom. The number of ether oxygens (including phenoxy) is 1. The lowest BCUT2D eigenvalue weighted by molar-refractivity contribution is -0.130. The Morgan fingerprint density at radius 2 is 1.77 bits per heavy atom. The molecular weight excluding hydrogens is 399 g/mol. The van der Waals surface area contributed by atoms with Crippen molar-refractivity contribution in [2.24, 2.45) is 11.8 Å². The molecule has 7 nitrogen and oxygen atoms in total. The number of nitrogens with one attached hydrogen (secondary N) is 2. The molecule has 1 aromatic carbocycles. The van der Waals surface area contributed by atoms with E-state index in [0.29, 0.717) is 44.9 Å². The predicted octanol–water partition coefficient (Wildman–Crippen LogP) is 2.45. The molecule has 2 N–H and O–H groups in total. The number of carbonyl (C=O) groups excluding carboxylic acids is 2. The monoisotopic (exact) mass is 428 g/mol. The highest BCUT2D eigenvalue weighted by Gasteiger charge is 2.35. The summed E-state index contributed by atoms with van der Waals surface area (Å²) >= 11 is 0. The third-order valence-electron chi connectivity index (χ3n) is 5.36. The quantitative estimate of drug-likeness (QED) is 0.600. The number of aromatic nitrogens is 1. The smallest absolute Gasteiger partial charge is 0.228 e. The number of likely N-dealkylation sites (tertiary alicyclic amines) is 1. The van der Waals surface area contributed by atoms with Gasteiger partial charge in [0.15, 0.2) is 0 Å². The predicted molar refractivity (Wildman–Crippen MR) is 116 cm³/mol. The van der Waals surface area contributed by atoms with Crippen molar-refractivity contribution in [1.29, 1.82) is 0 Å². The Bertz CT molecular complexity index is 848. The number of pyridine rings is 1. The second-order valence-electron chi connectivity index (χ2n) is 7.81. The number of nitrogens with zero attached hydrogens (tertiary/aromatic N) is 2. The van der Waals surface area contributed by atoms with Crippen LogP contribution in [0, 0.1) is 17.7 Å². The largest absolute Gasteiger partial charge is 0.385 e. The van der Waals surface area contributed by atoms with Crippen molar-refractivity contribution in [1.82, 2.24) is 15.2 Å². The fourth-order valence-corrected chi connectivity index (χ4v) is 3.80. The van der Waals surface area contributed by atoms with Crippen LogP contribution in [0.2, 0.25) is 0 Å². The molecule has 31 heavy (non-hydrogen) atoms. The van der Waals surface area contributed by atoms with Crippen LogP contribution in [0.5, 0.6) is 0 Å². The Labute approximate surface area is 182 Å². The lowest BCUT2D eigenvalue weighted by Crippen LogP contribution is -2.49. The van der Waals surface area contributed by atoms with Crippen LogP contribution < -0.4 is 10.6 Å². The topological polar surface area (TPSA) is 83.6 Å². The van der Waals surface area contributed by atoms with E-state index < -0.39 is 0 Å². The second-order valence-corrected chi connectivity index (χ2v) is 7.81. The molecule has 0 saturated carbocycles. The van der Waals surface area contributed by atoms with Gasteiger partial charge in [0.25, 0.3) is 0 Å². The third-order valence-corrected chi connectivity index (χ3v) is 5.36. The van der Waals surface area contributed by atoms with E-state index >= 15 is 0 Å². The first-order valence-electron chi connectivity index (χ1n) is 10.5. The first-order valence-corrected chi connectivity index (χ1v) is 10.5. The van der Waals surface area contributed by atoms with Crippen molar-refractivity contribution in [3.05, 3.63) is 60.2 Å². The van der Waals surface area contributed by atoms with Crippen molar-refractivity contribution < 1.29 is 18.7 Å². The van der Waals surface area contributed by atoms with Gasteiger partial charge in [0, 0.05) is 58.0 Å². The van der Waals surface area contributed by atoms with E-state index in [1.807, 2.05) is 12.1 Å². The first-order chi connectivity index (χ1) is 15.0. The van der Waals surface area contributed by atoms with E-state index in [2.05, 4.69) is 20.5 Å². The lowest BCUT2D eigenvalue weighted by Gasteiger charge is -2.36. The summed E-state index contributed by atoms with van der Waals surface area (Å²) < 4.78 is 18.2. The number of rotatable bonds is 9. The summed E-state index contributed by atoms with van der Waals surface area (Å²) in [5, 5.41) is 5.81. The minimum absolute atomic E-state index is 0.0462. The number of amides is 2. The lowest BCUT2D eigenvalue weighted by atomic mass is 9.87. The number of benzene rings is 1. The maximum Gasteiger partial charge on any atom is 0.228 e. The van der Waals surface area contributed by atoms with E-state index in [1.165, 1.54) is 24.3 Å². The van der Waals surface area contributed by atoms with Crippen molar-refractivity contribution in [3.8, 4) is 0 Å². The van der Waals surface area contributed by atoms with E-state index in [1.54, 1.807) is 19.5 Å². The van der Waals surface area contributed by atoms with Gasteiger partial charge in [-0.15, -0.1) is 0 Å². The highest BCUT2D eigenvalue weighted by molar-refractivity contribution is 5.93. The molecule has 0 radical (unpaired) electrons. The zero-order valence-corrected chi connectivity index (χ0v) is 17.7. The first kappa shape index (κ1) is 22.8. The highest BCUT2D eigenvalue weighted by Crippen LogP contribution is 2.25. The molecule has 1 aliphatic rings. The molecule has 2 atom stereocenters. The number of hydrogen-bond donors (Lipinski definition) is 2. The average molecular weight is 429 g/mol. The molecule has 2 heterocycles. The molecule has 0 spiro atoms. The molecule has 0 bridgehead atoms. The molecular formula is C23H29FN4O3. The van der Waals surface area contributed by atoms with E-state index in [4.69, 9.17) is 4.74 Å². The number of piperidine rings is 1. The fourth-order valence-electron chi connectivity index (χ4n) is 3.80. The summed E-state index contributed by atoms with van der Waals surface area (Å²) in [6.45, 7) is 2.89. The van der Waals surface area contributed by atoms with Gasteiger partial charge >= 0.3 is 0 Å². The maximum atomic E-state index is 13.2. The van der Waals surface area contributed by atoms with E-state index in [0.717, 1.165) is 12.0 Å². The number of methoxy groups -OCH3 is 1. The molecule has 8 heteroatoms. The summed E-state index contributed by atoms with van der Waals surface area (Å²) in [5.74, 6) is -1.21. The molecule has 3 rings (SSSR count). The van der Waals surface area contributed by atoms with Crippen LogP contribution >= 0.6 is 0 Å². The standard InChI is InChI=1S/C23H29FN4O3/c1-31-12-2-9-26-22(29)18-13-19(23(30)27-21-5-3-20(24)4-6-21)16-28(15-18)14-17-7-10-25-11-8-17/h3-8,10-11,18-19H,2,9,12-16H2,1H3,(H,26,29)(H,27,30)/t18-,19+/m0/s1. The van der Waals surface area contributed by atoms with Gasteiger partial charge < -0.3 is 15.4 Å². The molecule has 166 valence electrons. The molecule has 1 fully saturated rings. The van der Waals surface area contributed by atoms with Crippen molar-refractivity contribution >= 4 is 17.5 Å². The van der Waals surface area contributed by atoms with Gasteiger partial charge in [-0.05, 0) is 54.8 Å². The van der Waals surface area contributed by atoms with Crippen molar-refractivity contribution in [2.75, 3.05) is 38.7 Å². The molecule has 2 amide bonds. The molecule has 1 saturated heterocycles. The van der Waals surface area contributed by atoms with Crippen LogP contribution in [0.15, 0.2) is 48.8 Å². The number of hydrogen-bond acceptors (Lipinski definition) is 5. The molecule has 0 unspecified atom stereocenters. The number of carbonyl (C=O) groups is 2. The van der Waals surface area contributed by atoms with Gasteiger partial charge in [-0.2, -0.15) is 0 Å². The summed E-state index contributed by atoms with van der Waals surface area (Å²) in [6.07, 6.45) is 4.68. The van der Waals surface area contributed by atoms with Gasteiger partial charge in [-0.25, -0.2) is 4.39 Å². The molecule has 2 aromatic rings. The Morgan fingerprint density at radius 1 is 1.10 bits per heavy atom. The zero-order valence-electron chi connectivity index (χ0n) is 17.7. The summed E-state index contributed by atoms with van der Waals surface area (Å²) in [4.78, 5) is 31.9. The van der Waals surface area contributed by atoms with E-state index in [9.17, 15) is 14.0 Å². The number of halogens is 1. The zero-order chi connectivity index (χ0) is 22.1. The van der Waals surface area contributed by atoms with Crippen LogP contribution in [0.25, 0.3) is 0 Å². The summed E-state index contributed by atoms with van der Waals surface area (Å²) in [7, 11) is 1.63. The molecule has 0 aliphatic carbocycles. The van der Waals surface area contributed by atoms with Gasteiger partial charge in [0.2, 0.25) is 11.8 Å². The van der Waals surface area contributed by atoms with Gasteiger partial charge in [-0.3, -0.25) is 19.5 Å². The van der Waals surface area contributed by atoms with Gasteiger partial charge in [0.05, 0.1) is 11.8 Å². The van der Waals surface area contributed by atoms with Crippen LogP contribution in [0.3, 0.4) is 0 Å². The summed E-state index contributed by atoms with van der Waals surface area (Å²) in [5.41, 5.74) is 1.62. The molecule has 1 aromatic heterocycles. The van der Waals surface area contributed by atoms with Crippen LogP contribution in [-0.4, -0.2) is 55.0 Å². The maximum absolute atomic E-state index is 13.2. The highest BCUT2D eigenvalue weighted by atomic mass is 19.1. The Balaban J connectivity index is 1.66. The SMILES string of the molecule is COCCCNC(=O)[C@H]1C[C@@H](C(=O)Nc2ccc(F)cc2)CN(Cc2ccncc2)C1. The van der Waals surface area contributed by atoms with Gasteiger partial charge in [-0.1, -0.05) is 0 Å². The van der Waals surface area contributed by atoms with Crippen molar-refractivity contribution in [3.63, 3.8) is 0 Å². The van der Waals surface area contributed by atoms with E-state index in [-0.39, 0.29) is 29.5 Å². The second kappa shape index (κ2) is 11.5. The average Bonchev–Trinajstić information content (AvgIpc) is 2.78. The van der Waals surface area contributed by atoms with Crippen molar-refractivity contribution in [2.45, 2.75) is 19.4 Å². The van der Waals surface area contributed by atoms with Crippen LogP contribution in [-0.2, 0) is 20.9 Å². The van der Waals surface area contributed by atoms with Crippen LogP contribution in [0.4, 0.5) is 10.1 Å².